The number of nitrogen functional groups attached to an aromatic ring is 1. The Morgan fingerprint density at radius 2 is 2.14 bits per heavy atom. The smallest absolute Gasteiger partial charge is 0.109 e. The van der Waals surface area contributed by atoms with Gasteiger partial charge < -0.3 is 15.4 Å². The number of rotatable bonds is 4. The molecule has 4 heteroatoms. The number of nitrogens with two attached hydrogens (primary N) is 1. The van der Waals surface area contributed by atoms with Gasteiger partial charge in [0.2, 0.25) is 0 Å². The molecule has 4 nitrogen and oxygen atoms in total. The Kier molecular flexibility index (Phi) is 4.15. The van der Waals surface area contributed by atoms with Crippen LogP contribution in [0.25, 0.3) is 11.0 Å². The van der Waals surface area contributed by atoms with E-state index in [4.69, 9.17) is 10.7 Å². The van der Waals surface area contributed by atoms with Gasteiger partial charge in [-0.15, -0.1) is 0 Å². The molecule has 3 rings (SSSR count). The minimum atomic E-state index is -0.167. The number of benzene rings is 1. The minimum Gasteiger partial charge on any atom is -0.399 e. The third kappa shape index (κ3) is 2.91. The van der Waals surface area contributed by atoms with E-state index in [2.05, 4.69) is 17.6 Å². The lowest BCUT2D eigenvalue weighted by Gasteiger charge is -2.28. The normalized spacial score (nSPS) is 22.8. The molecular formula is C17H25N3O. The largest absolute Gasteiger partial charge is 0.399 e. The maximum Gasteiger partial charge on any atom is 0.109 e. The highest BCUT2D eigenvalue weighted by Crippen LogP contribution is 2.28. The van der Waals surface area contributed by atoms with Crippen molar-refractivity contribution in [2.24, 2.45) is 5.92 Å². The van der Waals surface area contributed by atoms with Crippen LogP contribution in [0.3, 0.4) is 0 Å². The molecule has 2 unspecified atom stereocenters. The van der Waals surface area contributed by atoms with Gasteiger partial charge in [-0.3, -0.25) is 0 Å². The lowest BCUT2D eigenvalue weighted by Crippen LogP contribution is -2.28. The first-order valence-corrected chi connectivity index (χ1v) is 8.11. The Morgan fingerprint density at radius 1 is 1.33 bits per heavy atom. The summed E-state index contributed by atoms with van der Waals surface area (Å²) < 4.78 is 2.30. The van der Waals surface area contributed by atoms with Gasteiger partial charge in [-0.1, -0.05) is 19.8 Å². The molecule has 21 heavy (non-hydrogen) atoms. The van der Waals surface area contributed by atoms with Crippen molar-refractivity contribution in [2.75, 3.05) is 5.73 Å². The van der Waals surface area contributed by atoms with Crippen molar-refractivity contribution in [3.05, 3.63) is 24.0 Å². The zero-order valence-electron chi connectivity index (χ0n) is 12.8. The van der Waals surface area contributed by atoms with Gasteiger partial charge in [0.05, 0.1) is 17.1 Å². The molecule has 1 aliphatic rings. The van der Waals surface area contributed by atoms with Crippen molar-refractivity contribution in [2.45, 2.75) is 58.1 Å². The molecule has 1 fully saturated rings. The van der Waals surface area contributed by atoms with Crippen LogP contribution < -0.4 is 5.73 Å². The van der Waals surface area contributed by atoms with Crippen molar-refractivity contribution < 1.29 is 5.11 Å². The van der Waals surface area contributed by atoms with Crippen LogP contribution in [-0.4, -0.2) is 20.8 Å². The van der Waals surface area contributed by atoms with E-state index in [0.29, 0.717) is 5.92 Å². The fraction of sp³-hybridized carbons (Fsp3) is 0.588. The molecule has 0 amide bonds. The van der Waals surface area contributed by atoms with Crippen molar-refractivity contribution in [3.8, 4) is 0 Å². The molecular weight excluding hydrogens is 262 g/mol. The SMILES string of the molecule is CCCc1nc2cc(N)ccc2n1CC1CCCCC1O. The second kappa shape index (κ2) is 6.06. The summed E-state index contributed by atoms with van der Waals surface area (Å²) in [5.74, 6) is 1.47. The Bertz CT molecular complexity index is 620. The van der Waals surface area contributed by atoms with Gasteiger partial charge in [0, 0.05) is 24.6 Å². The summed E-state index contributed by atoms with van der Waals surface area (Å²) >= 11 is 0. The zero-order chi connectivity index (χ0) is 14.8. The monoisotopic (exact) mass is 287 g/mol. The van der Waals surface area contributed by atoms with E-state index < -0.39 is 0 Å². The molecule has 0 aliphatic heterocycles. The predicted molar refractivity (Wildman–Crippen MR) is 86.1 cm³/mol. The first-order valence-electron chi connectivity index (χ1n) is 8.11. The van der Waals surface area contributed by atoms with Crippen LogP contribution >= 0.6 is 0 Å². The average Bonchev–Trinajstić information content (AvgIpc) is 2.79. The van der Waals surface area contributed by atoms with Gasteiger partial charge in [0.15, 0.2) is 0 Å². The summed E-state index contributed by atoms with van der Waals surface area (Å²) in [6.45, 7) is 3.05. The first kappa shape index (κ1) is 14.4. The van der Waals surface area contributed by atoms with E-state index in [1.165, 1.54) is 6.42 Å². The van der Waals surface area contributed by atoms with Crippen molar-refractivity contribution >= 4 is 16.7 Å². The Morgan fingerprint density at radius 3 is 2.90 bits per heavy atom. The first-order chi connectivity index (χ1) is 10.2. The molecule has 2 atom stereocenters. The van der Waals surface area contributed by atoms with Gasteiger partial charge in [0.1, 0.15) is 5.82 Å². The van der Waals surface area contributed by atoms with E-state index in [0.717, 1.165) is 61.2 Å². The molecule has 1 heterocycles. The van der Waals surface area contributed by atoms with E-state index in [9.17, 15) is 5.11 Å². The van der Waals surface area contributed by atoms with E-state index in [1.54, 1.807) is 0 Å². The summed E-state index contributed by atoms with van der Waals surface area (Å²) in [7, 11) is 0. The van der Waals surface area contributed by atoms with Gasteiger partial charge >= 0.3 is 0 Å². The number of nitrogens with zero attached hydrogens (tertiary/aromatic N) is 2. The van der Waals surface area contributed by atoms with Crippen molar-refractivity contribution in [1.29, 1.82) is 0 Å². The van der Waals surface area contributed by atoms with Gasteiger partial charge in [-0.05, 0) is 37.5 Å². The maximum absolute atomic E-state index is 10.3. The van der Waals surface area contributed by atoms with E-state index in [-0.39, 0.29) is 6.10 Å². The fourth-order valence-electron chi connectivity index (χ4n) is 3.45. The third-order valence-electron chi connectivity index (χ3n) is 4.61. The molecule has 0 spiro atoms. The number of aryl methyl sites for hydroxylation is 1. The summed E-state index contributed by atoms with van der Waals surface area (Å²) in [6.07, 6.45) is 6.31. The number of aliphatic hydroxyl groups excluding tert-OH is 1. The quantitative estimate of drug-likeness (QED) is 0.849. The van der Waals surface area contributed by atoms with E-state index >= 15 is 0 Å². The molecule has 3 N–H and O–H groups in total. The van der Waals surface area contributed by atoms with Crippen LogP contribution in [0.15, 0.2) is 18.2 Å². The lowest BCUT2D eigenvalue weighted by molar-refractivity contribution is 0.0608. The molecule has 0 radical (unpaired) electrons. The highest BCUT2D eigenvalue weighted by molar-refractivity contribution is 5.79. The number of aliphatic hydroxyl groups is 1. The average molecular weight is 287 g/mol. The number of anilines is 1. The second-order valence-corrected chi connectivity index (χ2v) is 6.25. The molecule has 114 valence electrons. The van der Waals surface area contributed by atoms with Crippen molar-refractivity contribution in [1.82, 2.24) is 9.55 Å². The number of hydrogen-bond acceptors (Lipinski definition) is 3. The molecule has 1 saturated carbocycles. The van der Waals surface area contributed by atoms with Crippen LogP contribution in [0.2, 0.25) is 0 Å². The fourth-order valence-corrected chi connectivity index (χ4v) is 3.45. The summed E-state index contributed by atoms with van der Waals surface area (Å²) in [4.78, 5) is 4.76. The molecule has 1 aliphatic carbocycles. The molecule has 1 aromatic heterocycles. The molecule has 1 aromatic carbocycles. The molecule has 0 bridgehead atoms. The van der Waals surface area contributed by atoms with Gasteiger partial charge in [-0.25, -0.2) is 4.98 Å². The standard InChI is InChI=1S/C17H25N3O/c1-2-5-17-19-14-10-13(18)8-9-15(14)20(17)11-12-6-3-4-7-16(12)21/h8-10,12,16,21H,2-7,11,18H2,1H3. The Hall–Kier alpha value is -1.55. The highest BCUT2D eigenvalue weighted by atomic mass is 16.3. The van der Waals surface area contributed by atoms with Crippen LogP contribution in [0.4, 0.5) is 5.69 Å². The lowest BCUT2D eigenvalue weighted by atomic mass is 9.86. The number of aromatic nitrogens is 2. The van der Waals surface area contributed by atoms with Crippen LogP contribution in [0, 0.1) is 5.92 Å². The van der Waals surface area contributed by atoms with Crippen LogP contribution in [0.1, 0.15) is 44.9 Å². The van der Waals surface area contributed by atoms with Gasteiger partial charge in [0.25, 0.3) is 0 Å². The van der Waals surface area contributed by atoms with Crippen molar-refractivity contribution in [3.63, 3.8) is 0 Å². The molecule has 2 aromatic rings. The number of imidazole rings is 1. The second-order valence-electron chi connectivity index (χ2n) is 6.25. The predicted octanol–water partition coefficient (Wildman–Crippen LogP) is 3.12. The Labute approximate surface area is 126 Å². The zero-order valence-corrected chi connectivity index (χ0v) is 12.8. The maximum atomic E-state index is 10.3. The number of fused-ring (bicyclic) bond motifs is 1. The third-order valence-corrected chi connectivity index (χ3v) is 4.61. The Balaban J connectivity index is 1.96. The van der Waals surface area contributed by atoms with Crippen LogP contribution in [-0.2, 0) is 13.0 Å². The summed E-state index contributed by atoms with van der Waals surface area (Å²) in [5, 5.41) is 10.3. The highest BCUT2D eigenvalue weighted by Gasteiger charge is 2.25. The van der Waals surface area contributed by atoms with E-state index in [1.807, 2.05) is 12.1 Å². The topological polar surface area (TPSA) is 64.1 Å². The minimum absolute atomic E-state index is 0.167. The number of hydrogen-bond donors (Lipinski definition) is 2. The van der Waals surface area contributed by atoms with Crippen LogP contribution in [0.5, 0.6) is 0 Å². The summed E-state index contributed by atoms with van der Waals surface area (Å²) in [6, 6.07) is 5.95. The summed E-state index contributed by atoms with van der Waals surface area (Å²) in [5.41, 5.74) is 8.75. The molecule has 0 saturated heterocycles. The van der Waals surface area contributed by atoms with Gasteiger partial charge in [-0.2, -0.15) is 0 Å².